The van der Waals surface area contributed by atoms with Crippen molar-refractivity contribution >= 4 is 17.3 Å². The number of amides is 1. The Morgan fingerprint density at radius 2 is 1.65 bits per heavy atom. The number of carbonyl (C=O) groups is 1. The van der Waals surface area contributed by atoms with E-state index in [1.54, 1.807) is 42.5 Å². The lowest BCUT2D eigenvalue weighted by Gasteiger charge is -2.12. The fraction of sp³-hybridized carbons (Fsp3) is 0.160. The largest absolute Gasteiger partial charge is 0.493 e. The number of benzene rings is 3. The van der Waals surface area contributed by atoms with Crippen molar-refractivity contribution in [3.05, 3.63) is 70.8 Å². The second-order valence-corrected chi connectivity index (χ2v) is 7.44. The zero-order valence-electron chi connectivity index (χ0n) is 20.1. The van der Waals surface area contributed by atoms with Crippen LogP contribution in [0.5, 0.6) is 23.0 Å². The number of nitrogens with zero attached hydrogens (tertiary/aromatic N) is 3. The Morgan fingerprint density at radius 1 is 0.973 bits per heavy atom. The smallest absolute Gasteiger partial charge is 0.310 e. The van der Waals surface area contributed by atoms with Gasteiger partial charge in [-0.05, 0) is 30.3 Å². The van der Waals surface area contributed by atoms with Gasteiger partial charge in [0.1, 0.15) is 0 Å². The molecule has 1 aromatic heterocycles. The van der Waals surface area contributed by atoms with Gasteiger partial charge < -0.3 is 28.8 Å². The maximum atomic E-state index is 12.6. The third kappa shape index (κ3) is 5.42. The molecule has 0 saturated heterocycles. The molecule has 12 heteroatoms. The van der Waals surface area contributed by atoms with Crippen LogP contribution in [0.2, 0.25) is 0 Å². The van der Waals surface area contributed by atoms with Crippen molar-refractivity contribution < 1.29 is 33.2 Å². The Bertz CT molecular complexity index is 1410. The zero-order valence-corrected chi connectivity index (χ0v) is 20.1. The standard InChI is InChI=1S/C25H22N4O8/c1-33-20-12-15(13-21(34-2)23(20)35-3)24-27-25(37-28-24)16-8-4-5-9-17(16)26-22(30)14-36-19-11-7-6-10-18(19)29(31)32/h4-13H,14H2,1-3H3,(H,26,30). The van der Waals surface area contributed by atoms with Crippen molar-refractivity contribution in [1.29, 1.82) is 0 Å². The first-order chi connectivity index (χ1) is 17.9. The van der Waals surface area contributed by atoms with Gasteiger partial charge in [-0.2, -0.15) is 4.98 Å². The highest BCUT2D eigenvalue weighted by Gasteiger charge is 2.20. The minimum absolute atomic E-state index is 0.0113. The molecule has 0 saturated carbocycles. The van der Waals surface area contributed by atoms with E-state index in [0.29, 0.717) is 34.1 Å². The monoisotopic (exact) mass is 506 g/mol. The van der Waals surface area contributed by atoms with Crippen LogP contribution in [-0.4, -0.2) is 48.9 Å². The molecule has 0 fully saturated rings. The molecule has 3 aromatic carbocycles. The van der Waals surface area contributed by atoms with Crippen molar-refractivity contribution in [2.75, 3.05) is 33.3 Å². The van der Waals surface area contributed by atoms with E-state index in [1.807, 2.05) is 0 Å². The third-order valence-electron chi connectivity index (χ3n) is 5.20. The van der Waals surface area contributed by atoms with Crippen molar-refractivity contribution in [3.8, 4) is 45.8 Å². The van der Waals surface area contributed by atoms with Gasteiger partial charge >= 0.3 is 5.69 Å². The van der Waals surface area contributed by atoms with Gasteiger partial charge in [0.15, 0.2) is 23.9 Å². The van der Waals surface area contributed by atoms with E-state index in [-0.39, 0.29) is 23.2 Å². The summed E-state index contributed by atoms with van der Waals surface area (Å²) < 4.78 is 26.9. The van der Waals surface area contributed by atoms with Gasteiger partial charge in [0, 0.05) is 11.6 Å². The fourth-order valence-electron chi connectivity index (χ4n) is 3.50. The summed E-state index contributed by atoms with van der Waals surface area (Å²) in [7, 11) is 4.51. The second-order valence-electron chi connectivity index (χ2n) is 7.44. The molecular weight excluding hydrogens is 484 g/mol. The number of para-hydroxylation sites is 3. The van der Waals surface area contributed by atoms with Gasteiger partial charge in [0.2, 0.25) is 11.6 Å². The molecule has 1 N–H and O–H groups in total. The Labute approximate surface area is 210 Å². The quantitative estimate of drug-likeness (QED) is 0.243. The molecule has 0 aliphatic rings. The number of nitrogens with one attached hydrogen (secondary N) is 1. The minimum atomic E-state index is -0.580. The molecule has 0 aliphatic heterocycles. The van der Waals surface area contributed by atoms with Crippen LogP contribution in [0.25, 0.3) is 22.8 Å². The molecule has 0 atom stereocenters. The first-order valence-electron chi connectivity index (χ1n) is 10.8. The third-order valence-corrected chi connectivity index (χ3v) is 5.20. The summed E-state index contributed by atoms with van der Waals surface area (Å²) in [4.78, 5) is 27.6. The highest BCUT2D eigenvalue weighted by molar-refractivity contribution is 5.95. The van der Waals surface area contributed by atoms with Crippen molar-refractivity contribution in [3.63, 3.8) is 0 Å². The van der Waals surface area contributed by atoms with Crippen LogP contribution in [-0.2, 0) is 4.79 Å². The number of methoxy groups -OCH3 is 3. The molecule has 0 spiro atoms. The van der Waals surface area contributed by atoms with Gasteiger partial charge in [0.05, 0.1) is 37.5 Å². The van der Waals surface area contributed by atoms with E-state index >= 15 is 0 Å². The van der Waals surface area contributed by atoms with Gasteiger partial charge in [-0.3, -0.25) is 14.9 Å². The SMILES string of the molecule is COc1cc(-c2noc(-c3ccccc3NC(=O)COc3ccccc3[N+](=O)[O-])n2)cc(OC)c1OC. The topological polar surface area (TPSA) is 148 Å². The number of rotatable bonds is 10. The summed E-state index contributed by atoms with van der Waals surface area (Å²) in [5, 5.41) is 17.9. The van der Waals surface area contributed by atoms with E-state index < -0.39 is 17.4 Å². The predicted molar refractivity (Wildman–Crippen MR) is 132 cm³/mol. The lowest BCUT2D eigenvalue weighted by molar-refractivity contribution is -0.385. The molecular formula is C25H22N4O8. The molecule has 37 heavy (non-hydrogen) atoms. The van der Waals surface area contributed by atoms with Crippen LogP contribution in [0.3, 0.4) is 0 Å². The summed E-state index contributed by atoms with van der Waals surface area (Å²) >= 11 is 0. The number of ether oxygens (including phenoxy) is 4. The fourth-order valence-corrected chi connectivity index (χ4v) is 3.50. The Balaban J connectivity index is 1.55. The van der Waals surface area contributed by atoms with Gasteiger partial charge in [-0.15, -0.1) is 0 Å². The van der Waals surface area contributed by atoms with E-state index in [9.17, 15) is 14.9 Å². The average molecular weight is 506 g/mol. The number of hydrogen-bond donors (Lipinski definition) is 1. The van der Waals surface area contributed by atoms with Crippen molar-refractivity contribution in [1.82, 2.24) is 10.1 Å². The first-order valence-corrected chi connectivity index (χ1v) is 10.8. The average Bonchev–Trinajstić information content (AvgIpc) is 3.41. The molecule has 0 bridgehead atoms. The van der Waals surface area contributed by atoms with Gasteiger partial charge in [-0.1, -0.05) is 29.4 Å². The Kier molecular flexibility index (Phi) is 7.48. The molecule has 1 heterocycles. The number of hydrogen-bond acceptors (Lipinski definition) is 10. The molecule has 0 unspecified atom stereocenters. The molecule has 0 radical (unpaired) electrons. The molecule has 190 valence electrons. The van der Waals surface area contributed by atoms with Gasteiger partial charge in [-0.25, -0.2) is 0 Å². The molecule has 4 rings (SSSR count). The summed E-state index contributed by atoms with van der Waals surface area (Å²) in [6.45, 7) is -0.445. The summed E-state index contributed by atoms with van der Waals surface area (Å²) in [5.74, 6) is 1.14. The zero-order chi connectivity index (χ0) is 26.4. The predicted octanol–water partition coefficient (Wildman–Crippen LogP) is 4.36. The highest BCUT2D eigenvalue weighted by Crippen LogP contribution is 2.41. The Hall–Kier alpha value is -5.13. The molecule has 1 amide bonds. The van der Waals surface area contributed by atoms with Gasteiger partial charge in [0.25, 0.3) is 11.8 Å². The number of nitro groups is 1. The number of aromatic nitrogens is 2. The number of anilines is 1. The minimum Gasteiger partial charge on any atom is -0.493 e. The van der Waals surface area contributed by atoms with Crippen LogP contribution in [0.15, 0.2) is 65.2 Å². The number of carbonyl (C=O) groups excluding carboxylic acids is 1. The van der Waals surface area contributed by atoms with Crippen LogP contribution >= 0.6 is 0 Å². The summed E-state index contributed by atoms with van der Waals surface area (Å²) in [6.07, 6.45) is 0. The van der Waals surface area contributed by atoms with E-state index in [1.165, 1.54) is 39.5 Å². The van der Waals surface area contributed by atoms with Crippen LogP contribution < -0.4 is 24.3 Å². The van der Waals surface area contributed by atoms with Crippen molar-refractivity contribution in [2.24, 2.45) is 0 Å². The summed E-state index contributed by atoms with van der Waals surface area (Å²) in [5.41, 5.74) is 1.18. The van der Waals surface area contributed by atoms with Crippen LogP contribution in [0.1, 0.15) is 0 Å². The molecule has 12 nitrogen and oxygen atoms in total. The molecule has 0 aliphatic carbocycles. The highest BCUT2D eigenvalue weighted by atomic mass is 16.6. The normalized spacial score (nSPS) is 10.5. The molecule has 4 aromatic rings. The lowest BCUT2D eigenvalue weighted by atomic mass is 10.1. The number of nitro benzene ring substituents is 1. The lowest BCUT2D eigenvalue weighted by Crippen LogP contribution is -2.20. The maximum Gasteiger partial charge on any atom is 0.310 e. The van der Waals surface area contributed by atoms with E-state index in [0.717, 1.165) is 0 Å². The van der Waals surface area contributed by atoms with E-state index in [4.69, 9.17) is 23.5 Å². The summed E-state index contributed by atoms with van der Waals surface area (Å²) in [6, 6.07) is 16.0. The Morgan fingerprint density at radius 3 is 2.32 bits per heavy atom. The van der Waals surface area contributed by atoms with E-state index in [2.05, 4.69) is 15.5 Å². The second kappa shape index (κ2) is 11.1. The first kappa shape index (κ1) is 25.0. The van der Waals surface area contributed by atoms with Crippen LogP contribution in [0.4, 0.5) is 11.4 Å². The maximum absolute atomic E-state index is 12.6. The van der Waals surface area contributed by atoms with Crippen LogP contribution in [0, 0.1) is 10.1 Å². The van der Waals surface area contributed by atoms with Crippen molar-refractivity contribution in [2.45, 2.75) is 0 Å².